The van der Waals surface area contributed by atoms with Gasteiger partial charge >= 0.3 is 6.16 Å². The van der Waals surface area contributed by atoms with Crippen molar-refractivity contribution in [2.24, 2.45) is 0 Å². The Kier molecular flexibility index (Phi) is 2.08. The molecule has 1 heterocycles. The van der Waals surface area contributed by atoms with Crippen molar-refractivity contribution < 1.29 is 14.3 Å². The van der Waals surface area contributed by atoms with E-state index in [2.05, 4.69) is 57.3 Å². The minimum absolute atomic E-state index is 0.488. The maximum atomic E-state index is 10.3. The highest BCUT2D eigenvalue weighted by atomic mass is 79.9. The van der Waals surface area contributed by atoms with Crippen LogP contribution in [-0.4, -0.2) is 14.6 Å². The van der Waals surface area contributed by atoms with Gasteiger partial charge in [-0.05, 0) is 47.8 Å². The molecule has 0 N–H and O–H groups in total. The van der Waals surface area contributed by atoms with Crippen molar-refractivity contribution in [3.63, 3.8) is 0 Å². The van der Waals surface area contributed by atoms with Gasteiger partial charge in [0.15, 0.2) is 0 Å². The number of rotatable bonds is 0. The second-order valence-corrected chi connectivity index (χ2v) is 5.60. The molecule has 1 fully saturated rings. The van der Waals surface area contributed by atoms with E-state index in [0.717, 1.165) is 0 Å². The normalized spacial score (nSPS) is 31.4. The summed E-state index contributed by atoms with van der Waals surface area (Å²) < 4.78 is 8.22. The van der Waals surface area contributed by atoms with E-state index in [9.17, 15) is 4.79 Å². The van der Waals surface area contributed by atoms with Crippen molar-refractivity contribution in [3.8, 4) is 0 Å². The van der Waals surface area contributed by atoms with Crippen LogP contribution in [-0.2, 0) is 9.47 Å². The third-order valence-corrected chi connectivity index (χ3v) is 3.90. The summed E-state index contributed by atoms with van der Waals surface area (Å²) in [4.78, 5) is 10.3. The molecule has 0 aromatic heterocycles. The van der Waals surface area contributed by atoms with Gasteiger partial charge in [-0.3, -0.25) is 0 Å². The molecule has 1 aliphatic heterocycles. The zero-order valence-electron chi connectivity index (χ0n) is 3.94. The zero-order valence-corrected chi connectivity index (χ0v) is 8.69. The van der Waals surface area contributed by atoms with Gasteiger partial charge in [0.1, 0.15) is 0 Å². The molecule has 0 saturated carbocycles. The molecular formula is C3HBr3O3. The van der Waals surface area contributed by atoms with E-state index < -0.39 is 14.6 Å². The van der Waals surface area contributed by atoms with Crippen LogP contribution in [0.3, 0.4) is 0 Å². The number of carbonyl (C=O) groups excluding carboxylic acids is 1. The zero-order chi connectivity index (χ0) is 7.07. The van der Waals surface area contributed by atoms with E-state index in [1.165, 1.54) is 0 Å². The van der Waals surface area contributed by atoms with Crippen LogP contribution in [0.15, 0.2) is 0 Å². The Morgan fingerprint density at radius 3 is 2.22 bits per heavy atom. The lowest BCUT2D eigenvalue weighted by Crippen LogP contribution is -2.19. The fourth-order valence-electron chi connectivity index (χ4n) is 0.335. The van der Waals surface area contributed by atoms with Crippen molar-refractivity contribution in [1.29, 1.82) is 0 Å². The standard InChI is InChI=1S/C3HBr3O3/c4-1-3(5,6)9-2(7)8-1/h1H. The highest BCUT2D eigenvalue weighted by Gasteiger charge is 2.46. The van der Waals surface area contributed by atoms with Gasteiger partial charge in [0.2, 0.25) is 5.01 Å². The van der Waals surface area contributed by atoms with Crippen molar-refractivity contribution in [1.82, 2.24) is 0 Å². The van der Waals surface area contributed by atoms with E-state index in [-0.39, 0.29) is 0 Å². The Morgan fingerprint density at radius 1 is 1.56 bits per heavy atom. The molecular weight excluding hydrogens is 324 g/mol. The maximum absolute atomic E-state index is 10.3. The monoisotopic (exact) mass is 322 g/mol. The lowest BCUT2D eigenvalue weighted by molar-refractivity contribution is 0.126. The molecule has 0 spiro atoms. The molecule has 0 aromatic carbocycles. The first kappa shape index (κ1) is 7.81. The lowest BCUT2D eigenvalue weighted by atomic mass is 10.8. The summed E-state index contributed by atoms with van der Waals surface area (Å²) in [5.74, 6) is 0. The Morgan fingerprint density at radius 2 is 2.11 bits per heavy atom. The Balaban J connectivity index is 2.69. The van der Waals surface area contributed by atoms with Crippen molar-refractivity contribution in [3.05, 3.63) is 0 Å². The predicted octanol–water partition coefficient (Wildman–Crippen LogP) is 2.32. The molecule has 1 atom stereocenters. The number of carbonyl (C=O) groups is 1. The fraction of sp³-hybridized carbons (Fsp3) is 0.667. The molecule has 0 amide bonds. The smallest absolute Gasteiger partial charge is 0.413 e. The maximum Gasteiger partial charge on any atom is 0.511 e. The third-order valence-electron chi connectivity index (χ3n) is 0.683. The third kappa shape index (κ3) is 1.59. The quantitative estimate of drug-likeness (QED) is 0.507. The van der Waals surface area contributed by atoms with Gasteiger partial charge < -0.3 is 9.47 Å². The van der Waals surface area contributed by atoms with Crippen LogP contribution in [0.5, 0.6) is 0 Å². The summed E-state index contributed by atoms with van der Waals surface area (Å²) in [6.45, 7) is 0. The minimum atomic E-state index is -0.906. The SMILES string of the molecule is O=C1OC(Br)C(Br)(Br)O1. The molecule has 0 bridgehead atoms. The first-order chi connectivity index (χ1) is 4.02. The molecule has 0 radical (unpaired) electrons. The summed E-state index contributed by atoms with van der Waals surface area (Å²) in [7, 11) is 0. The van der Waals surface area contributed by atoms with Gasteiger partial charge in [-0.25, -0.2) is 4.79 Å². The van der Waals surface area contributed by atoms with E-state index in [1.54, 1.807) is 0 Å². The topological polar surface area (TPSA) is 35.5 Å². The van der Waals surface area contributed by atoms with Crippen molar-refractivity contribution in [2.45, 2.75) is 8.43 Å². The molecule has 1 unspecified atom stereocenters. The lowest BCUT2D eigenvalue weighted by Gasteiger charge is -2.10. The van der Waals surface area contributed by atoms with E-state index >= 15 is 0 Å². The molecule has 6 heteroatoms. The second-order valence-electron chi connectivity index (χ2n) is 1.35. The molecule has 1 rings (SSSR count). The van der Waals surface area contributed by atoms with E-state index in [1.807, 2.05) is 0 Å². The van der Waals surface area contributed by atoms with Crippen LogP contribution in [0.4, 0.5) is 4.79 Å². The fourth-order valence-corrected chi connectivity index (χ4v) is 1.03. The van der Waals surface area contributed by atoms with Crippen molar-refractivity contribution in [2.75, 3.05) is 0 Å². The highest BCUT2D eigenvalue weighted by molar-refractivity contribution is 9.26. The summed E-state index contributed by atoms with van der Waals surface area (Å²) in [6.07, 6.45) is -0.703. The molecule has 0 aliphatic carbocycles. The number of cyclic esters (lactones) is 2. The number of halogens is 3. The first-order valence-corrected chi connectivity index (χ1v) is 4.44. The van der Waals surface area contributed by atoms with Gasteiger partial charge in [-0.1, -0.05) is 0 Å². The molecule has 3 nitrogen and oxygen atoms in total. The number of hydrogen-bond acceptors (Lipinski definition) is 3. The molecule has 9 heavy (non-hydrogen) atoms. The largest absolute Gasteiger partial charge is 0.511 e. The van der Waals surface area contributed by atoms with Crippen LogP contribution in [0.2, 0.25) is 0 Å². The molecule has 52 valence electrons. The Labute approximate surface area is 76.5 Å². The molecule has 1 aliphatic rings. The van der Waals surface area contributed by atoms with Gasteiger partial charge in [0, 0.05) is 0 Å². The van der Waals surface area contributed by atoms with Crippen molar-refractivity contribution >= 4 is 53.9 Å². The van der Waals surface area contributed by atoms with Crippen LogP contribution < -0.4 is 0 Å². The second kappa shape index (κ2) is 2.39. The van der Waals surface area contributed by atoms with Crippen LogP contribution in [0.1, 0.15) is 0 Å². The van der Waals surface area contributed by atoms with Gasteiger partial charge in [0.05, 0.1) is 0 Å². The summed E-state index contributed by atoms with van der Waals surface area (Å²) in [5, 5.41) is -0.488. The van der Waals surface area contributed by atoms with E-state index in [4.69, 9.17) is 0 Å². The van der Waals surface area contributed by atoms with Crippen LogP contribution in [0.25, 0.3) is 0 Å². The summed E-state index contributed by atoms with van der Waals surface area (Å²) in [6, 6.07) is 0. The average Bonchev–Trinajstić information content (AvgIpc) is 1.79. The Hall–Kier alpha value is 0.710. The number of hydrogen-bond donors (Lipinski definition) is 0. The summed E-state index contributed by atoms with van der Waals surface area (Å²) >= 11 is 9.14. The van der Waals surface area contributed by atoms with Crippen LogP contribution in [0, 0.1) is 0 Å². The minimum Gasteiger partial charge on any atom is -0.413 e. The highest BCUT2D eigenvalue weighted by Crippen LogP contribution is 2.41. The number of alkyl halides is 3. The predicted molar refractivity (Wildman–Crippen MR) is 40.9 cm³/mol. The Bertz CT molecular complexity index is 145. The van der Waals surface area contributed by atoms with Gasteiger partial charge in [-0.15, -0.1) is 0 Å². The van der Waals surface area contributed by atoms with E-state index in [0.29, 0.717) is 0 Å². The van der Waals surface area contributed by atoms with Crippen LogP contribution >= 0.6 is 47.8 Å². The first-order valence-electron chi connectivity index (χ1n) is 1.94. The summed E-state index contributed by atoms with van der Waals surface area (Å²) in [5.41, 5.74) is 0. The van der Waals surface area contributed by atoms with Gasteiger partial charge in [0.25, 0.3) is 3.42 Å². The molecule has 0 aromatic rings. The molecule has 1 saturated heterocycles. The van der Waals surface area contributed by atoms with Gasteiger partial charge in [-0.2, -0.15) is 0 Å². The average molecular weight is 325 g/mol. The number of ether oxygens (including phenoxy) is 2.